The molecule has 21 heavy (non-hydrogen) atoms. The van der Waals surface area contributed by atoms with Crippen LogP contribution in [-0.2, 0) is 20.7 Å². The third-order valence-corrected chi connectivity index (χ3v) is 2.85. The smallest absolute Gasteiger partial charge is 0.306 e. The number of hydrogen-bond donors (Lipinski definition) is 0. The number of carbonyl (C=O) groups is 2. The number of ether oxygens (including phenoxy) is 2. The number of ketones is 1. The van der Waals surface area contributed by atoms with E-state index in [2.05, 4.69) is 0 Å². The Morgan fingerprint density at radius 3 is 2.43 bits per heavy atom. The molecule has 0 N–H and O–H groups in total. The average molecular weight is 292 g/mol. The molecular formula is C17H24O4. The van der Waals surface area contributed by atoms with E-state index in [0.717, 1.165) is 11.3 Å². The van der Waals surface area contributed by atoms with Crippen LogP contribution in [0.4, 0.5) is 0 Å². The Morgan fingerprint density at radius 2 is 1.81 bits per heavy atom. The highest BCUT2D eigenvalue weighted by atomic mass is 16.6. The number of esters is 1. The largest absolute Gasteiger partial charge is 0.497 e. The molecule has 1 aromatic carbocycles. The lowest BCUT2D eigenvalue weighted by atomic mass is 10.0. The highest BCUT2D eigenvalue weighted by Crippen LogP contribution is 2.15. The van der Waals surface area contributed by atoms with Crippen LogP contribution in [0.2, 0.25) is 0 Å². The molecule has 0 fully saturated rings. The van der Waals surface area contributed by atoms with Crippen LogP contribution in [0.1, 0.15) is 45.6 Å². The van der Waals surface area contributed by atoms with Crippen molar-refractivity contribution in [1.82, 2.24) is 0 Å². The molecule has 0 aliphatic heterocycles. The number of aryl methyl sites for hydroxylation is 1. The molecule has 0 radical (unpaired) electrons. The van der Waals surface area contributed by atoms with Crippen molar-refractivity contribution in [3.63, 3.8) is 0 Å². The zero-order valence-electron chi connectivity index (χ0n) is 13.3. The van der Waals surface area contributed by atoms with Gasteiger partial charge in [-0.2, -0.15) is 0 Å². The van der Waals surface area contributed by atoms with E-state index in [1.165, 1.54) is 0 Å². The highest BCUT2D eigenvalue weighted by molar-refractivity contribution is 5.83. The Morgan fingerprint density at radius 1 is 1.10 bits per heavy atom. The molecule has 0 bridgehead atoms. The van der Waals surface area contributed by atoms with Crippen LogP contribution in [0.3, 0.4) is 0 Å². The van der Waals surface area contributed by atoms with Gasteiger partial charge in [-0.1, -0.05) is 12.1 Å². The molecule has 116 valence electrons. The summed E-state index contributed by atoms with van der Waals surface area (Å²) in [5.74, 6) is 0.537. The summed E-state index contributed by atoms with van der Waals surface area (Å²) in [4.78, 5) is 23.3. The van der Waals surface area contributed by atoms with Gasteiger partial charge in [0.1, 0.15) is 17.1 Å². The number of benzene rings is 1. The Kier molecular flexibility index (Phi) is 6.40. The minimum Gasteiger partial charge on any atom is -0.497 e. The monoisotopic (exact) mass is 292 g/mol. The summed E-state index contributed by atoms with van der Waals surface area (Å²) in [5, 5.41) is 0. The van der Waals surface area contributed by atoms with Crippen molar-refractivity contribution < 1.29 is 19.1 Å². The lowest BCUT2D eigenvalue weighted by molar-refractivity contribution is -0.155. The van der Waals surface area contributed by atoms with Gasteiger partial charge in [0, 0.05) is 12.8 Å². The number of hydrogen-bond acceptors (Lipinski definition) is 4. The number of Topliss-reactive ketones (excluding diaryl/α,β-unsaturated/α-hetero) is 1. The topological polar surface area (TPSA) is 52.6 Å². The second-order valence-electron chi connectivity index (χ2n) is 5.98. The molecular weight excluding hydrogens is 268 g/mol. The molecule has 4 heteroatoms. The maximum atomic E-state index is 11.8. The third kappa shape index (κ3) is 7.49. The molecule has 0 spiro atoms. The molecule has 0 aromatic heterocycles. The van der Waals surface area contributed by atoms with Gasteiger partial charge in [-0.15, -0.1) is 0 Å². The molecule has 1 aromatic rings. The van der Waals surface area contributed by atoms with Crippen LogP contribution < -0.4 is 4.74 Å². The lowest BCUT2D eigenvalue weighted by Crippen LogP contribution is -2.24. The predicted molar refractivity (Wildman–Crippen MR) is 81.4 cm³/mol. The van der Waals surface area contributed by atoms with Crippen LogP contribution >= 0.6 is 0 Å². The van der Waals surface area contributed by atoms with Crippen LogP contribution in [0.5, 0.6) is 5.75 Å². The van der Waals surface area contributed by atoms with Gasteiger partial charge in [0.25, 0.3) is 0 Å². The van der Waals surface area contributed by atoms with E-state index in [1.807, 2.05) is 45.0 Å². The number of carbonyl (C=O) groups excluding carboxylic acids is 2. The first-order chi connectivity index (χ1) is 9.80. The summed E-state index contributed by atoms with van der Waals surface area (Å²) in [6.45, 7) is 5.44. The van der Waals surface area contributed by atoms with Crippen molar-refractivity contribution in [2.75, 3.05) is 7.11 Å². The number of rotatable bonds is 7. The van der Waals surface area contributed by atoms with Crippen LogP contribution in [0.25, 0.3) is 0 Å². The van der Waals surface area contributed by atoms with Crippen LogP contribution in [-0.4, -0.2) is 24.5 Å². The van der Waals surface area contributed by atoms with Gasteiger partial charge >= 0.3 is 5.97 Å². The van der Waals surface area contributed by atoms with Gasteiger partial charge in [0.15, 0.2) is 0 Å². The van der Waals surface area contributed by atoms with Gasteiger partial charge in [0.05, 0.1) is 13.5 Å². The minimum atomic E-state index is -0.499. The Hall–Kier alpha value is -1.84. The van der Waals surface area contributed by atoms with Crippen molar-refractivity contribution in [3.05, 3.63) is 29.8 Å². The second-order valence-corrected chi connectivity index (χ2v) is 5.98. The Balaban J connectivity index is 2.32. The van der Waals surface area contributed by atoms with E-state index in [1.54, 1.807) is 7.11 Å². The van der Waals surface area contributed by atoms with Crippen molar-refractivity contribution in [1.29, 1.82) is 0 Å². The molecule has 0 aliphatic rings. The predicted octanol–water partition coefficient (Wildman–Crippen LogP) is 3.32. The van der Waals surface area contributed by atoms with Crippen molar-refractivity contribution in [2.45, 2.75) is 52.1 Å². The maximum Gasteiger partial charge on any atom is 0.306 e. The van der Waals surface area contributed by atoms with E-state index in [4.69, 9.17) is 9.47 Å². The van der Waals surface area contributed by atoms with Gasteiger partial charge < -0.3 is 9.47 Å². The van der Waals surface area contributed by atoms with Gasteiger partial charge in [0.2, 0.25) is 0 Å². The fourth-order valence-corrected chi connectivity index (χ4v) is 1.87. The van der Waals surface area contributed by atoms with Gasteiger partial charge in [-0.3, -0.25) is 9.59 Å². The normalized spacial score (nSPS) is 11.0. The first-order valence-corrected chi connectivity index (χ1v) is 7.16. The molecule has 1 rings (SSSR count). The summed E-state index contributed by atoms with van der Waals surface area (Å²) in [6, 6.07) is 7.65. The zero-order valence-corrected chi connectivity index (χ0v) is 13.3. The molecule has 0 amide bonds. The molecule has 0 saturated carbocycles. The van der Waals surface area contributed by atoms with E-state index < -0.39 is 5.60 Å². The first kappa shape index (κ1) is 17.2. The van der Waals surface area contributed by atoms with Crippen LogP contribution in [0, 0.1) is 0 Å². The lowest BCUT2D eigenvalue weighted by Gasteiger charge is -2.19. The fraction of sp³-hybridized carbons (Fsp3) is 0.529. The van der Waals surface area contributed by atoms with Crippen molar-refractivity contribution in [3.8, 4) is 5.75 Å². The summed E-state index contributed by atoms with van der Waals surface area (Å²) >= 11 is 0. The van der Waals surface area contributed by atoms with E-state index >= 15 is 0 Å². The summed E-state index contributed by atoms with van der Waals surface area (Å²) in [7, 11) is 1.62. The summed E-state index contributed by atoms with van der Waals surface area (Å²) in [5.41, 5.74) is 0.556. The molecule has 0 heterocycles. The highest BCUT2D eigenvalue weighted by Gasteiger charge is 2.17. The van der Waals surface area contributed by atoms with Gasteiger partial charge in [-0.25, -0.2) is 0 Å². The molecule has 0 atom stereocenters. The van der Waals surface area contributed by atoms with Crippen LogP contribution in [0.15, 0.2) is 24.3 Å². The van der Waals surface area contributed by atoms with E-state index in [9.17, 15) is 9.59 Å². The molecule has 0 saturated heterocycles. The van der Waals surface area contributed by atoms with Gasteiger partial charge in [-0.05, 0) is 44.9 Å². The molecule has 4 nitrogen and oxygen atoms in total. The first-order valence-electron chi connectivity index (χ1n) is 7.16. The average Bonchev–Trinajstić information content (AvgIpc) is 2.41. The second kappa shape index (κ2) is 7.81. The Bertz CT molecular complexity index is 486. The Labute approximate surface area is 126 Å². The third-order valence-electron chi connectivity index (χ3n) is 2.85. The fourth-order valence-electron chi connectivity index (χ4n) is 1.87. The molecule has 0 aliphatic carbocycles. The van der Waals surface area contributed by atoms with Crippen molar-refractivity contribution in [2.24, 2.45) is 0 Å². The minimum absolute atomic E-state index is 0.0729. The number of methoxy groups -OCH3 is 1. The van der Waals surface area contributed by atoms with Crippen molar-refractivity contribution >= 4 is 11.8 Å². The van der Waals surface area contributed by atoms with E-state index in [-0.39, 0.29) is 24.6 Å². The standard InChI is InChI=1S/C17H24O4/c1-17(2,3)21-16(19)11-10-14(18)9-8-13-6-5-7-15(12-13)20-4/h5-7,12H,8-11H2,1-4H3. The maximum absolute atomic E-state index is 11.8. The quantitative estimate of drug-likeness (QED) is 0.723. The van der Waals surface area contributed by atoms with E-state index in [0.29, 0.717) is 12.8 Å². The summed E-state index contributed by atoms with van der Waals surface area (Å²) < 4.78 is 10.3. The SMILES string of the molecule is COc1cccc(CCC(=O)CCC(=O)OC(C)(C)C)c1. The summed E-state index contributed by atoms with van der Waals surface area (Å²) in [6.07, 6.45) is 1.47. The zero-order chi connectivity index (χ0) is 15.9. The molecule has 0 unspecified atom stereocenters.